The van der Waals surface area contributed by atoms with Gasteiger partial charge in [0.2, 0.25) is 0 Å². The maximum atomic E-state index is 12.6. The van der Waals surface area contributed by atoms with Crippen molar-refractivity contribution in [2.75, 3.05) is 0 Å². The number of hydrogen-bond acceptors (Lipinski definition) is 5. The number of aryl methyl sites for hydroxylation is 1. The lowest BCUT2D eigenvalue weighted by molar-refractivity contribution is -0.141. The van der Waals surface area contributed by atoms with E-state index in [0.717, 1.165) is 9.14 Å². The van der Waals surface area contributed by atoms with Crippen LogP contribution in [-0.4, -0.2) is 29.9 Å². The zero-order chi connectivity index (χ0) is 21.8. The van der Waals surface area contributed by atoms with Gasteiger partial charge in [-0.2, -0.15) is 0 Å². The molecule has 6 heteroatoms. The lowest BCUT2D eigenvalue weighted by Crippen LogP contribution is -2.26. The van der Waals surface area contributed by atoms with Crippen molar-refractivity contribution < 1.29 is 23.9 Å². The number of carbonyl (C=O) groups excluding carboxylic acids is 3. The number of fused-ring (bicyclic) bond motifs is 1. The van der Waals surface area contributed by atoms with Crippen molar-refractivity contribution in [1.82, 2.24) is 0 Å². The van der Waals surface area contributed by atoms with Crippen molar-refractivity contribution in [3.63, 3.8) is 0 Å². The minimum atomic E-state index is -0.430. The van der Waals surface area contributed by atoms with Crippen LogP contribution in [0.25, 0.3) is 0 Å². The number of rotatable bonds is 7. The maximum Gasteiger partial charge on any atom is 0.338 e. The minimum Gasteiger partial charge on any atom is -0.462 e. The van der Waals surface area contributed by atoms with Gasteiger partial charge in [-0.1, -0.05) is 48.5 Å². The molecule has 0 aromatic heterocycles. The first-order valence-electron chi connectivity index (χ1n) is 10.4. The first-order valence-corrected chi connectivity index (χ1v) is 11.5. The largest absolute Gasteiger partial charge is 0.462 e. The van der Waals surface area contributed by atoms with Crippen LogP contribution in [0, 0.1) is 11.8 Å². The lowest BCUT2D eigenvalue weighted by atomic mass is 9.91. The van der Waals surface area contributed by atoms with Crippen molar-refractivity contribution in [3.05, 3.63) is 81.4 Å². The molecule has 0 unspecified atom stereocenters. The molecule has 2 aliphatic rings. The predicted molar refractivity (Wildman–Crippen MR) is 124 cm³/mol. The number of esters is 2. The number of benzene rings is 2. The summed E-state index contributed by atoms with van der Waals surface area (Å²) in [7, 11) is 0. The molecule has 1 saturated carbocycles. The van der Waals surface area contributed by atoms with Crippen LogP contribution in [0.4, 0.5) is 0 Å². The Morgan fingerprint density at radius 2 is 1.74 bits per heavy atom. The van der Waals surface area contributed by atoms with Crippen LogP contribution >= 0.6 is 22.6 Å². The third-order valence-corrected chi connectivity index (χ3v) is 6.91. The number of carbonyl (C=O) groups is 3. The standard InChI is InChI=1S/C25H23IO5/c26-20(13-18(27)12-11-16-7-3-1-4-8-16)24-19-14-23(28)30-21(19)15-22(24)31-25(29)17-9-5-2-6-10-17/h1-10,13,19,21-22,24H,11-12,14-15H2/t19-,21-,22+,24-/m0/s1. The Hall–Kier alpha value is -2.48. The highest BCUT2D eigenvalue weighted by Crippen LogP contribution is 2.47. The van der Waals surface area contributed by atoms with Crippen molar-refractivity contribution in [2.45, 2.75) is 37.9 Å². The molecule has 1 saturated heterocycles. The summed E-state index contributed by atoms with van der Waals surface area (Å²) in [5.41, 5.74) is 1.60. The van der Waals surface area contributed by atoms with Gasteiger partial charge in [-0.05, 0) is 52.8 Å². The molecular weight excluding hydrogens is 507 g/mol. The maximum absolute atomic E-state index is 12.6. The summed E-state index contributed by atoms with van der Waals surface area (Å²) in [6, 6.07) is 18.7. The second-order valence-corrected chi connectivity index (χ2v) is 9.19. The van der Waals surface area contributed by atoms with Gasteiger partial charge in [0.05, 0.1) is 12.0 Å². The summed E-state index contributed by atoms with van der Waals surface area (Å²) < 4.78 is 12.1. The van der Waals surface area contributed by atoms with E-state index in [0.29, 0.717) is 24.8 Å². The van der Waals surface area contributed by atoms with Gasteiger partial charge >= 0.3 is 11.9 Å². The predicted octanol–water partition coefficient (Wildman–Crippen LogP) is 4.68. The van der Waals surface area contributed by atoms with E-state index >= 15 is 0 Å². The van der Waals surface area contributed by atoms with E-state index < -0.39 is 12.1 Å². The summed E-state index contributed by atoms with van der Waals surface area (Å²) in [4.78, 5) is 37.1. The zero-order valence-electron chi connectivity index (χ0n) is 16.9. The van der Waals surface area contributed by atoms with Gasteiger partial charge in [-0.25, -0.2) is 4.79 Å². The van der Waals surface area contributed by atoms with Crippen LogP contribution in [-0.2, 0) is 25.5 Å². The van der Waals surface area contributed by atoms with E-state index in [9.17, 15) is 14.4 Å². The van der Waals surface area contributed by atoms with Gasteiger partial charge < -0.3 is 9.47 Å². The van der Waals surface area contributed by atoms with Crippen molar-refractivity contribution >= 4 is 40.3 Å². The van der Waals surface area contributed by atoms with Crippen LogP contribution in [0.15, 0.2) is 70.3 Å². The first-order chi connectivity index (χ1) is 15.0. The molecule has 0 radical (unpaired) electrons. The van der Waals surface area contributed by atoms with E-state index in [1.54, 1.807) is 30.3 Å². The van der Waals surface area contributed by atoms with Crippen LogP contribution < -0.4 is 0 Å². The van der Waals surface area contributed by atoms with Gasteiger partial charge in [0.15, 0.2) is 5.78 Å². The quantitative estimate of drug-likeness (QED) is 0.296. The Bertz CT molecular complexity index is 985. The summed E-state index contributed by atoms with van der Waals surface area (Å²) in [6.07, 6.45) is 2.75. The normalized spacial score (nSPS) is 25.1. The lowest BCUT2D eigenvalue weighted by Gasteiger charge is -2.23. The molecule has 1 heterocycles. The average Bonchev–Trinajstić information content (AvgIpc) is 3.28. The highest BCUT2D eigenvalue weighted by atomic mass is 127. The second kappa shape index (κ2) is 9.77. The number of halogens is 1. The summed E-state index contributed by atoms with van der Waals surface area (Å²) >= 11 is 2.16. The Kier molecular flexibility index (Phi) is 6.85. The number of hydrogen-bond donors (Lipinski definition) is 0. The molecule has 0 bridgehead atoms. The highest BCUT2D eigenvalue weighted by molar-refractivity contribution is 14.1. The van der Waals surface area contributed by atoms with E-state index in [-0.39, 0.29) is 36.1 Å². The smallest absolute Gasteiger partial charge is 0.338 e. The highest BCUT2D eigenvalue weighted by Gasteiger charge is 2.52. The van der Waals surface area contributed by atoms with Crippen LogP contribution in [0.2, 0.25) is 0 Å². The van der Waals surface area contributed by atoms with Crippen molar-refractivity contribution in [3.8, 4) is 0 Å². The molecule has 2 aromatic rings. The van der Waals surface area contributed by atoms with Crippen LogP contribution in [0.5, 0.6) is 0 Å². The third kappa shape index (κ3) is 5.23. The summed E-state index contributed by atoms with van der Waals surface area (Å²) in [5.74, 6) is -0.902. The Morgan fingerprint density at radius 3 is 2.45 bits per heavy atom. The average molecular weight is 530 g/mol. The molecule has 0 amide bonds. The molecule has 160 valence electrons. The summed E-state index contributed by atoms with van der Waals surface area (Å²) in [6.45, 7) is 0. The van der Waals surface area contributed by atoms with Gasteiger partial charge in [-0.15, -0.1) is 0 Å². The minimum absolute atomic E-state index is 0.0232. The fourth-order valence-electron chi connectivity index (χ4n) is 4.38. The Labute approximate surface area is 195 Å². The van der Waals surface area contributed by atoms with E-state index in [2.05, 4.69) is 22.6 Å². The molecule has 5 nitrogen and oxygen atoms in total. The molecule has 31 heavy (non-hydrogen) atoms. The fraction of sp³-hybridized carbons (Fsp3) is 0.320. The number of allylic oxidation sites excluding steroid dienone is 1. The molecular formula is C25H23IO5. The fourth-order valence-corrected chi connectivity index (χ4v) is 5.59. The molecule has 2 fully saturated rings. The summed E-state index contributed by atoms with van der Waals surface area (Å²) in [5, 5.41) is 0. The van der Waals surface area contributed by atoms with Gasteiger partial charge in [0.25, 0.3) is 0 Å². The van der Waals surface area contributed by atoms with Crippen LogP contribution in [0.3, 0.4) is 0 Å². The SMILES string of the molecule is O=C(C=C(I)[C@@H]1[C@H]2CC(=O)O[C@H]2C[C@H]1OC(=O)c1ccccc1)CCc1ccccc1. The molecule has 4 atom stereocenters. The molecule has 1 aliphatic heterocycles. The third-order valence-electron chi connectivity index (χ3n) is 5.88. The monoisotopic (exact) mass is 530 g/mol. The molecule has 0 N–H and O–H groups in total. The second-order valence-electron chi connectivity index (χ2n) is 7.95. The van der Waals surface area contributed by atoms with E-state index in [4.69, 9.17) is 9.47 Å². The first kappa shape index (κ1) is 21.7. The van der Waals surface area contributed by atoms with Gasteiger partial charge in [0, 0.05) is 28.3 Å². The van der Waals surface area contributed by atoms with Gasteiger partial charge in [-0.3, -0.25) is 9.59 Å². The zero-order valence-corrected chi connectivity index (χ0v) is 19.1. The molecule has 2 aromatic carbocycles. The van der Waals surface area contributed by atoms with Crippen LogP contribution in [0.1, 0.15) is 35.2 Å². The van der Waals surface area contributed by atoms with Crippen molar-refractivity contribution in [1.29, 1.82) is 0 Å². The molecule has 0 spiro atoms. The Balaban J connectivity index is 1.47. The topological polar surface area (TPSA) is 69.7 Å². The van der Waals surface area contributed by atoms with E-state index in [1.807, 2.05) is 36.4 Å². The number of ether oxygens (including phenoxy) is 2. The van der Waals surface area contributed by atoms with Crippen molar-refractivity contribution in [2.24, 2.45) is 11.8 Å². The van der Waals surface area contributed by atoms with Gasteiger partial charge in [0.1, 0.15) is 12.2 Å². The molecule has 1 aliphatic carbocycles. The number of ketones is 1. The Morgan fingerprint density at radius 1 is 1.06 bits per heavy atom. The van der Waals surface area contributed by atoms with E-state index in [1.165, 1.54) is 0 Å². The molecule has 4 rings (SSSR count).